The number of hydrogen-bond acceptors (Lipinski definition) is 4. The molecule has 0 unspecified atom stereocenters. The average Bonchev–Trinajstić information content (AvgIpc) is 1.33. The van der Waals surface area contributed by atoms with Gasteiger partial charge in [-0.3, -0.25) is 0 Å². The molecule has 6 nitrogen and oxygen atoms in total. The molecule has 4 aliphatic heterocycles. The molecule has 0 radical (unpaired) electrons. The van der Waals surface area contributed by atoms with Crippen molar-refractivity contribution in [1.82, 2.24) is 9.13 Å². The number of fused-ring (bicyclic) bond motifs is 12. The number of hydrogen-bond donors (Lipinski definition) is 0. The van der Waals surface area contributed by atoms with Gasteiger partial charge < -0.3 is 28.7 Å². The van der Waals surface area contributed by atoms with Crippen LogP contribution in [0.2, 0.25) is 0 Å². The molecule has 0 bridgehead atoms. The summed E-state index contributed by atoms with van der Waals surface area (Å²) < 4.78 is 74.0. The highest BCUT2D eigenvalue weighted by molar-refractivity contribution is 7.00. The van der Waals surface area contributed by atoms with E-state index in [4.69, 9.17) is 0 Å². The van der Waals surface area contributed by atoms with E-state index in [2.05, 4.69) is 370 Å². The molecule has 0 saturated carbocycles. The van der Waals surface area contributed by atoms with E-state index in [-0.39, 0.29) is 58.5 Å². The van der Waals surface area contributed by atoms with Crippen molar-refractivity contribution in [3.63, 3.8) is 0 Å². The molecule has 0 fully saturated rings. The summed E-state index contributed by atoms with van der Waals surface area (Å²) in [6, 6.07) is 103. The number of rotatable bonds is 10. The molecule has 0 atom stereocenters. The minimum absolute atomic E-state index is 0.0106. The summed E-state index contributed by atoms with van der Waals surface area (Å²) in [5, 5.41) is 3.80. The van der Waals surface area contributed by atoms with Gasteiger partial charge in [0.2, 0.25) is 0 Å². The Kier molecular flexibility index (Phi) is 14.9. The predicted molar refractivity (Wildman–Crippen MR) is 491 cm³/mol. The van der Waals surface area contributed by atoms with Crippen LogP contribution in [0, 0.1) is 0 Å². The smallest absolute Gasteiger partial charge is 0.252 e. The van der Waals surface area contributed by atoms with Gasteiger partial charge in [0.05, 0.1) is 41.7 Å². The van der Waals surface area contributed by atoms with E-state index in [1.165, 1.54) is 22.5 Å². The Morgan fingerprint density at radius 2 is 0.626 bits per heavy atom. The Hall–Kier alpha value is -12.8. The van der Waals surface area contributed by atoms with Crippen molar-refractivity contribution in [2.45, 2.75) is 104 Å². The fourth-order valence-corrected chi connectivity index (χ4v) is 19.0. The van der Waals surface area contributed by atoms with Gasteiger partial charge in [0, 0.05) is 114 Å². The van der Waals surface area contributed by atoms with Gasteiger partial charge in [-0.05, 0) is 230 Å². The average molecular weight is 1490 g/mol. The molecule has 0 amide bonds. The SMILES string of the molecule is [2H]c1c([2H])c(-n2c3ccccc3c3cc(N4CCCc5ccccc54)ccc32)c([2H])c2c1B1c3c(cc(C(C)(C)C)cc3N(c3c(-c4ccccc4)cc(C(C)(C)C)cc3-c3ccccc3)c3c([2H])c(-n4c5ccccc5c5cc(N6CCCc7ccccc76)ccc54)c([2H])c([2H])c31)N2c1c(-c2ccccc2)cc(C(C)(C)C)cc1-c1ccccc1. The number of aryl methyl sites for hydroxylation is 2. The van der Waals surface area contributed by atoms with Gasteiger partial charge in [-0.15, -0.1) is 0 Å². The number of aromatic nitrogens is 2. The van der Waals surface area contributed by atoms with E-state index >= 15 is 0 Å². The highest BCUT2D eigenvalue weighted by Gasteiger charge is 2.47. The molecule has 115 heavy (non-hydrogen) atoms. The monoisotopic (exact) mass is 1490 g/mol. The third-order valence-corrected chi connectivity index (χ3v) is 24.8. The minimum Gasteiger partial charge on any atom is -0.341 e. The Balaban J connectivity index is 0.945. The van der Waals surface area contributed by atoms with Gasteiger partial charge in [-0.1, -0.05) is 269 Å². The number of anilines is 10. The lowest BCUT2D eigenvalue weighted by Crippen LogP contribution is -2.61. The normalized spacial score (nSPS) is 14.7. The molecule has 17 aromatic rings. The second-order valence-corrected chi connectivity index (χ2v) is 34.9. The van der Waals surface area contributed by atoms with Crippen LogP contribution in [-0.4, -0.2) is 28.9 Å². The van der Waals surface area contributed by atoms with Gasteiger partial charge in [-0.2, -0.15) is 0 Å². The zero-order chi connectivity index (χ0) is 83.0. The maximum absolute atomic E-state index is 12.0. The minimum atomic E-state index is -1.15. The lowest BCUT2D eigenvalue weighted by molar-refractivity contribution is 0.590. The molecule has 4 aliphatic rings. The fraction of sp³-hybridized carbons (Fsp3) is 0.167. The van der Waals surface area contributed by atoms with E-state index in [0.717, 1.165) is 172 Å². The zero-order valence-electron chi connectivity index (χ0n) is 72.7. The number of benzene rings is 15. The summed E-state index contributed by atoms with van der Waals surface area (Å²) in [7, 11) is 0. The van der Waals surface area contributed by atoms with Crippen LogP contribution in [0.1, 0.15) is 111 Å². The first-order valence-corrected chi connectivity index (χ1v) is 40.9. The summed E-state index contributed by atoms with van der Waals surface area (Å²) in [5.74, 6) is 0. The van der Waals surface area contributed by atoms with E-state index in [9.17, 15) is 8.22 Å². The van der Waals surface area contributed by atoms with Gasteiger partial charge >= 0.3 is 0 Å². The second kappa shape index (κ2) is 26.9. The fourth-order valence-electron chi connectivity index (χ4n) is 19.0. The van der Waals surface area contributed by atoms with Crippen molar-refractivity contribution in [2.75, 3.05) is 32.7 Å². The third kappa shape index (κ3) is 11.6. The highest BCUT2D eigenvalue weighted by atomic mass is 15.2. The summed E-state index contributed by atoms with van der Waals surface area (Å²) in [6.45, 7) is 20.9. The predicted octanol–water partition coefficient (Wildman–Crippen LogP) is 26.7. The van der Waals surface area contributed by atoms with E-state index in [0.29, 0.717) is 33.7 Å². The first-order valence-electron chi connectivity index (χ1n) is 43.9. The summed E-state index contributed by atoms with van der Waals surface area (Å²) in [5.41, 5.74) is 25.0. The lowest BCUT2D eigenvalue weighted by Gasteiger charge is -2.47. The molecular weight excluding hydrogens is 1390 g/mol. The third-order valence-electron chi connectivity index (χ3n) is 24.8. The Morgan fingerprint density at radius 3 is 1.00 bits per heavy atom. The summed E-state index contributed by atoms with van der Waals surface area (Å²) in [6.07, 6.45) is 4.00. The standard InChI is InChI=1S/C108H93BN6/c1-106(2,3)76-60-85(70-32-14-10-15-33-70)104(86(61-76)71-34-16-11-17-35-71)114-99-68-81(112-95-48-28-24-44-83(95)89-66-79(52-56-97(89)112)110-58-30-42-74-40-22-26-46-93(74)110)50-54-91(99)109-92-55-51-82(113-96-49-29-25-45-84(96)90-67-80(53-57-98(90)113)111-59-31-43-75-41-23-27-47-94(75)111)69-100(92)115(102-65-78(108(7,8)9)64-101(114)103(102)109)105-87(72-36-18-12-19-37-72)62-77(107(4,5)6)63-88(105)73-38-20-13-21-39-73/h10-29,32-41,44-57,60-69H,30-31,42-43,58-59H2,1-9H3/i50D,51D,54D,55D,68D,69D. The molecular formula is C108H93BN6. The van der Waals surface area contributed by atoms with E-state index in [1.54, 1.807) is 0 Å². The van der Waals surface area contributed by atoms with Crippen molar-refractivity contribution >= 4 is 124 Å². The molecule has 0 spiro atoms. The van der Waals surface area contributed by atoms with Crippen LogP contribution in [0.5, 0.6) is 0 Å². The maximum atomic E-state index is 12.0. The van der Waals surface area contributed by atoms with Crippen molar-refractivity contribution in [3.05, 3.63) is 355 Å². The number of nitrogens with zero attached hydrogens (tertiary/aromatic N) is 6. The molecule has 558 valence electrons. The largest absolute Gasteiger partial charge is 0.341 e. The van der Waals surface area contributed by atoms with Crippen molar-refractivity contribution in [1.29, 1.82) is 0 Å². The van der Waals surface area contributed by atoms with Crippen LogP contribution in [0.4, 0.5) is 56.9 Å². The van der Waals surface area contributed by atoms with Gasteiger partial charge in [0.25, 0.3) is 6.71 Å². The molecule has 15 aromatic carbocycles. The zero-order valence-corrected chi connectivity index (χ0v) is 66.7. The second-order valence-electron chi connectivity index (χ2n) is 34.9. The van der Waals surface area contributed by atoms with Crippen LogP contribution in [0.25, 0.3) is 99.5 Å². The molecule has 6 heterocycles. The van der Waals surface area contributed by atoms with Crippen LogP contribution >= 0.6 is 0 Å². The summed E-state index contributed by atoms with van der Waals surface area (Å²) >= 11 is 0. The molecule has 0 saturated heterocycles. The van der Waals surface area contributed by atoms with Crippen LogP contribution < -0.4 is 36.0 Å². The number of para-hydroxylation sites is 4. The van der Waals surface area contributed by atoms with E-state index in [1.807, 2.05) is 12.1 Å². The Bertz CT molecular complexity index is 6600. The van der Waals surface area contributed by atoms with Crippen molar-refractivity contribution in [2.24, 2.45) is 0 Å². The molecule has 2 aromatic heterocycles. The van der Waals surface area contributed by atoms with Crippen molar-refractivity contribution < 1.29 is 8.22 Å². The molecule has 21 rings (SSSR count). The highest BCUT2D eigenvalue weighted by Crippen LogP contribution is 2.56. The molecule has 0 N–H and O–H groups in total. The van der Waals surface area contributed by atoms with Crippen LogP contribution in [0.3, 0.4) is 0 Å². The molecule has 7 heteroatoms. The van der Waals surface area contributed by atoms with E-state index < -0.39 is 12.1 Å². The first kappa shape index (κ1) is 63.7. The van der Waals surface area contributed by atoms with Crippen molar-refractivity contribution in [3.8, 4) is 55.9 Å². The van der Waals surface area contributed by atoms with Gasteiger partial charge in [0.1, 0.15) is 0 Å². The van der Waals surface area contributed by atoms with Gasteiger partial charge in [-0.25, -0.2) is 0 Å². The Labute approximate surface area is 685 Å². The topological polar surface area (TPSA) is 22.8 Å². The van der Waals surface area contributed by atoms with Crippen LogP contribution in [-0.2, 0) is 29.1 Å². The first-order chi connectivity index (χ1) is 58.5. The van der Waals surface area contributed by atoms with Crippen LogP contribution in [0.15, 0.2) is 327 Å². The summed E-state index contributed by atoms with van der Waals surface area (Å²) in [4.78, 5) is 9.45. The van der Waals surface area contributed by atoms with Gasteiger partial charge in [0.15, 0.2) is 0 Å². The lowest BCUT2D eigenvalue weighted by atomic mass is 9.33. The maximum Gasteiger partial charge on any atom is 0.252 e. The Morgan fingerprint density at radius 1 is 0.296 bits per heavy atom. The molecule has 0 aliphatic carbocycles. The quantitative estimate of drug-likeness (QED) is 0.127.